The SMILES string of the molecule is CC(C)c1ccccc1[C@H]1CCCN1C1CCC2(CC1)CN(c1ccc(C(=O)NS(=O)(=O)c3cnc(NCC4CCCCC4)c([N+](=O)[O-])c3)c(Oc3cnc4[nH]ccc4c3)c1)C2. The van der Waals surface area contributed by atoms with Crippen molar-refractivity contribution in [2.75, 3.05) is 36.4 Å². The first kappa shape index (κ1) is 41.8. The molecule has 0 unspecified atom stereocenters. The number of aromatic nitrogens is 3. The highest BCUT2D eigenvalue weighted by molar-refractivity contribution is 7.90. The van der Waals surface area contributed by atoms with Crippen LogP contribution in [0.25, 0.3) is 11.0 Å². The van der Waals surface area contributed by atoms with Crippen LogP contribution in [0.3, 0.4) is 0 Å². The average molecular weight is 861 g/mol. The van der Waals surface area contributed by atoms with E-state index in [4.69, 9.17) is 4.74 Å². The maximum Gasteiger partial charge on any atom is 0.312 e. The van der Waals surface area contributed by atoms with Gasteiger partial charge in [-0.3, -0.25) is 19.8 Å². The van der Waals surface area contributed by atoms with Crippen molar-refractivity contribution in [3.8, 4) is 11.5 Å². The third kappa shape index (κ3) is 8.61. The Morgan fingerprint density at radius 2 is 1.76 bits per heavy atom. The van der Waals surface area contributed by atoms with E-state index in [1.807, 2.05) is 12.1 Å². The van der Waals surface area contributed by atoms with E-state index in [9.17, 15) is 23.3 Å². The molecule has 2 aliphatic heterocycles. The first-order valence-electron chi connectivity index (χ1n) is 22.3. The van der Waals surface area contributed by atoms with Crippen LogP contribution in [-0.4, -0.2) is 71.3 Å². The standard InChI is InChI=1S/C47H56N8O6S/c1-31(2)38-11-6-7-12-39(38)41-13-8-22-54(41)34-16-19-47(20-17-34)29-53(30-47)35-14-15-40(43(24-35)61-36-23-33-18-21-48-44(33)50-27-36)46(56)52-62(59,60)37-25-42(55(57)58)45(51-28-37)49-26-32-9-4-3-5-10-32/h6-7,11-12,14-15,18,21,23-25,27-28,31-32,34,41H,3-5,8-10,13,16-17,19-20,22,26,29-30H2,1-2H3,(H,48,50)(H,49,51)(H,52,56)/t41-/m1/s1. The number of benzene rings is 2. The molecule has 2 saturated heterocycles. The molecule has 3 N–H and O–H groups in total. The Kier molecular flexibility index (Phi) is 11.7. The number of ether oxygens (including phenoxy) is 1. The second-order valence-electron chi connectivity index (χ2n) is 18.3. The molecule has 2 aromatic carbocycles. The van der Waals surface area contributed by atoms with Crippen molar-refractivity contribution in [2.24, 2.45) is 11.3 Å². The molecular formula is C47H56N8O6S. The summed E-state index contributed by atoms with van der Waals surface area (Å²) in [6.07, 6.45) is 16.9. The number of carbonyl (C=O) groups is 1. The number of sulfonamides is 1. The Bertz CT molecular complexity index is 2560. The molecule has 1 spiro atoms. The van der Waals surface area contributed by atoms with Crippen LogP contribution in [0.15, 0.2) is 84.1 Å². The fourth-order valence-corrected chi connectivity index (χ4v) is 11.4. The Morgan fingerprint density at radius 1 is 0.968 bits per heavy atom. The molecule has 326 valence electrons. The lowest BCUT2D eigenvalue weighted by Crippen LogP contribution is -2.59. The Labute approximate surface area is 363 Å². The van der Waals surface area contributed by atoms with Gasteiger partial charge >= 0.3 is 5.69 Å². The molecule has 14 nitrogen and oxygen atoms in total. The normalized spacial score (nSPS) is 19.8. The number of hydrogen-bond donors (Lipinski definition) is 3. The van der Waals surface area contributed by atoms with Crippen molar-refractivity contribution < 1.29 is 22.9 Å². The van der Waals surface area contributed by atoms with Gasteiger partial charge in [0, 0.05) is 66.5 Å². The molecule has 62 heavy (non-hydrogen) atoms. The summed E-state index contributed by atoms with van der Waals surface area (Å²) in [5.41, 5.74) is 4.22. The molecule has 5 aromatic rings. The van der Waals surface area contributed by atoms with Gasteiger partial charge in [-0.1, -0.05) is 57.4 Å². The number of aromatic amines is 1. The number of amides is 1. The molecule has 2 aliphatic carbocycles. The number of carbonyl (C=O) groups excluding carboxylic acids is 1. The molecule has 0 bridgehead atoms. The highest BCUT2D eigenvalue weighted by Crippen LogP contribution is 2.49. The van der Waals surface area contributed by atoms with Crippen molar-refractivity contribution in [1.29, 1.82) is 0 Å². The summed E-state index contributed by atoms with van der Waals surface area (Å²) < 4.78 is 35.8. The molecule has 5 heterocycles. The number of rotatable bonds is 13. The summed E-state index contributed by atoms with van der Waals surface area (Å²) in [6.45, 7) is 8.00. The number of nitro groups is 1. The predicted molar refractivity (Wildman–Crippen MR) is 239 cm³/mol. The van der Waals surface area contributed by atoms with E-state index in [0.717, 1.165) is 81.5 Å². The van der Waals surface area contributed by atoms with Gasteiger partial charge in [0.05, 0.1) is 22.9 Å². The zero-order valence-corrected chi connectivity index (χ0v) is 36.3. The largest absolute Gasteiger partial charge is 0.455 e. The number of pyridine rings is 2. The van der Waals surface area contributed by atoms with Crippen molar-refractivity contribution in [1.82, 2.24) is 24.6 Å². The van der Waals surface area contributed by atoms with E-state index < -0.39 is 31.4 Å². The number of fused-ring (bicyclic) bond motifs is 1. The lowest BCUT2D eigenvalue weighted by atomic mass is 9.67. The lowest BCUT2D eigenvalue weighted by Gasteiger charge is -2.55. The molecule has 1 atom stereocenters. The van der Waals surface area contributed by atoms with Crippen LogP contribution in [-0.2, 0) is 10.0 Å². The smallest absolute Gasteiger partial charge is 0.312 e. The summed E-state index contributed by atoms with van der Waals surface area (Å²) in [4.78, 5) is 41.5. The van der Waals surface area contributed by atoms with Gasteiger partial charge in [-0.2, -0.15) is 0 Å². The second-order valence-corrected chi connectivity index (χ2v) is 19.9. The Hall–Kier alpha value is -5.54. The lowest BCUT2D eigenvalue weighted by molar-refractivity contribution is -0.384. The van der Waals surface area contributed by atoms with Crippen molar-refractivity contribution in [3.05, 3.63) is 106 Å². The zero-order valence-electron chi connectivity index (χ0n) is 35.5. The minimum atomic E-state index is -4.58. The van der Waals surface area contributed by atoms with Gasteiger partial charge < -0.3 is 19.9 Å². The minimum absolute atomic E-state index is 0.00515. The summed E-state index contributed by atoms with van der Waals surface area (Å²) in [6, 6.07) is 19.8. The van der Waals surface area contributed by atoms with Gasteiger partial charge in [0.1, 0.15) is 22.0 Å². The van der Waals surface area contributed by atoms with Crippen LogP contribution in [0.1, 0.15) is 118 Å². The van der Waals surface area contributed by atoms with E-state index in [-0.39, 0.29) is 22.5 Å². The Morgan fingerprint density at radius 3 is 2.53 bits per heavy atom. The van der Waals surface area contributed by atoms with E-state index in [2.05, 4.69) is 72.9 Å². The Balaban J connectivity index is 0.902. The monoisotopic (exact) mass is 860 g/mol. The first-order chi connectivity index (χ1) is 29.9. The third-order valence-electron chi connectivity index (χ3n) is 13.8. The number of nitrogens with zero attached hydrogens (tertiary/aromatic N) is 5. The molecule has 3 aromatic heterocycles. The summed E-state index contributed by atoms with van der Waals surface area (Å²) in [7, 11) is -4.58. The molecule has 4 aliphatic rings. The summed E-state index contributed by atoms with van der Waals surface area (Å²) in [5.74, 6) is 0.441. The van der Waals surface area contributed by atoms with Crippen LogP contribution in [0.5, 0.6) is 11.5 Å². The minimum Gasteiger partial charge on any atom is -0.455 e. The van der Waals surface area contributed by atoms with Gasteiger partial charge in [0.25, 0.3) is 15.9 Å². The van der Waals surface area contributed by atoms with E-state index in [1.165, 1.54) is 43.2 Å². The molecule has 9 rings (SSSR count). The van der Waals surface area contributed by atoms with Crippen LogP contribution in [0.2, 0.25) is 0 Å². The van der Waals surface area contributed by atoms with Crippen molar-refractivity contribution in [2.45, 2.75) is 107 Å². The first-order valence-corrected chi connectivity index (χ1v) is 23.7. The van der Waals surface area contributed by atoms with Crippen LogP contribution in [0.4, 0.5) is 17.2 Å². The molecule has 2 saturated carbocycles. The van der Waals surface area contributed by atoms with Gasteiger partial charge in [-0.25, -0.2) is 23.1 Å². The number of likely N-dealkylation sites (tertiary alicyclic amines) is 1. The quantitative estimate of drug-likeness (QED) is 0.0760. The van der Waals surface area contributed by atoms with Crippen molar-refractivity contribution in [3.63, 3.8) is 0 Å². The van der Waals surface area contributed by atoms with Gasteiger partial charge in [-0.15, -0.1) is 0 Å². The van der Waals surface area contributed by atoms with Crippen LogP contribution >= 0.6 is 0 Å². The number of H-pyrrole nitrogens is 1. The maximum absolute atomic E-state index is 13.9. The number of anilines is 2. The molecule has 15 heteroatoms. The molecule has 0 radical (unpaired) electrons. The van der Waals surface area contributed by atoms with Crippen LogP contribution < -0.4 is 19.7 Å². The van der Waals surface area contributed by atoms with Gasteiger partial charge in [-0.05, 0) is 105 Å². The number of nitrogens with one attached hydrogen (secondary N) is 3. The predicted octanol–water partition coefficient (Wildman–Crippen LogP) is 9.48. The second kappa shape index (κ2) is 17.3. The zero-order chi connectivity index (χ0) is 43.0. The van der Waals surface area contributed by atoms with Gasteiger partial charge in [0.15, 0.2) is 0 Å². The fraction of sp³-hybridized carbons (Fsp3) is 0.468. The van der Waals surface area contributed by atoms with Crippen LogP contribution in [0, 0.1) is 21.4 Å². The average Bonchev–Trinajstić information content (AvgIpc) is 3.95. The van der Waals surface area contributed by atoms with Gasteiger partial charge in [0.2, 0.25) is 5.82 Å². The summed E-state index contributed by atoms with van der Waals surface area (Å²) in [5, 5.41) is 15.9. The highest BCUT2D eigenvalue weighted by atomic mass is 32.2. The topological polar surface area (TPSA) is 176 Å². The molecule has 4 fully saturated rings. The fourth-order valence-electron chi connectivity index (χ4n) is 10.5. The molecule has 1 amide bonds. The molecular weight excluding hydrogens is 805 g/mol. The third-order valence-corrected chi connectivity index (χ3v) is 15.1. The maximum atomic E-state index is 13.9. The van der Waals surface area contributed by atoms with Crippen molar-refractivity contribution >= 4 is 44.2 Å². The highest BCUT2D eigenvalue weighted by Gasteiger charge is 2.47. The van der Waals surface area contributed by atoms with E-state index in [0.29, 0.717) is 41.9 Å². The van der Waals surface area contributed by atoms with E-state index >= 15 is 0 Å². The summed E-state index contributed by atoms with van der Waals surface area (Å²) >= 11 is 0. The number of hydrogen-bond acceptors (Lipinski definition) is 11. The van der Waals surface area contributed by atoms with E-state index in [1.54, 1.807) is 30.6 Å².